The van der Waals surface area contributed by atoms with Gasteiger partial charge in [0.1, 0.15) is 5.82 Å². The minimum atomic E-state index is -0.155. The molecule has 0 unspecified atom stereocenters. The van der Waals surface area contributed by atoms with E-state index in [1.165, 1.54) is 82.8 Å². The van der Waals surface area contributed by atoms with Gasteiger partial charge in [0.2, 0.25) is 0 Å². The molecular weight excluding hydrogens is 319 g/mol. The van der Waals surface area contributed by atoms with Crippen LogP contribution in [-0.4, -0.2) is 0 Å². The summed E-state index contributed by atoms with van der Waals surface area (Å²) in [5.41, 5.74) is 1.11. The molecule has 0 radical (unpaired) electrons. The average molecular weight is 357 g/mol. The minimum absolute atomic E-state index is 0.155. The van der Waals surface area contributed by atoms with E-state index in [-0.39, 0.29) is 5.82 Å². The summed E-state index contributed by atoms with van der Waals surface area (Å²) in [6, 6.07) is 6.78. The highest BCUT2D eigenvalue weighted by atomic mass is 19.1. The van der Waals surface area contributed by atoms with Crippen molar-refractivity contribution in [2.24, 2.45) is 23.7 Å². The molecule has 0 aromatic heterocycles. The smallest absolute Gasteiger partial charge is 0.123 e. The van der Waals surface area contributed by atoms with E-state index in [1.807, 2.05) is 12.1 Å². The van der Waals surface area contributed by atoms with Crippen molar-refractivity contribution in [3.63, 3.8) is 0 Å². The summed E-state index contributed by atoms with van der Waals surface area (Å²) in [4.78, 5) is 0. The zero-order valence-electron chi connectivity index (χ0n) is 16.6. The molecule has 2 aliphatic rings. The van der Waals surface area contributed by atoms with Gasteiger partial charge in [-0.15, -0.1) is 0 Å². The summed E-state index contributed by atoms with van der Waals surface area (Å²) >= 11 is 0. The standard InChI is InChI=1S/C25H37F/c1-2-5-20-8-14-23(15-9-20)24-16-10-21(11-17-24)6-3-4-7-22-12-18-25(26)19-13-22/h4,7,12-13,18-21,23-24H,2-3,5-6,8-11,14-17H2,1H3/b7-4-. The maximum atomic E-state index is 12.9. The lowest BCUT2D eigenvalue weighted by molar-refractivity contribution is 0.141. The molecule has 0 bridgehead atoms. The fraction of sp³-hybridized carbons (Fsp3) is 0.680. The summed E-state index contributed by atoms with van der Waals surface area (Å²) < 4.78 is 12.9. The van der Waals surface area contributed by atoms with Crippen LogP contribution >= 0.6 is 0 Å². The first-order valence-corrected chi connectivity index (χ1v) is 11.2. The van der Waals surface area contributed by atoms with Crippen molar-refractivity contribution < 1.29 is 4.39 Å². The topological polar surface area (TPSA) is 0 Å². The third kappa shape index (κ3) is 5.96. The van der Waals surface area contributed by atoms with Gasteiger partial charge in [-0.05, 0) is 79.9 Å². The normalized spacial score (nSPS) is 29.9. The van der Waals surface area contributed by atoms with Crippen LogP contribution in [0, 0.1) is 29.5 Å². The number of hydrogen-bond acceptors (Lipinski definition) is 0. The third-order valence-electron chi connectivity index (χ3n) is 7.07. The monoisotopic (exact) mass is 356 g/mol. The largest absolute Gasteiger partial charge is 0.207 e. The molecule has 0 saturated heterocycles. The molecule has 0 nitrogen and oxygen atoms in total. The highest BCUT2D eigenvalue weighted by Crippen LogP contribution is 2.42. The first kappa shape index (κ1) is 19.6. The molecule has 3 rings (SSSR count). The predicted molar refractivity (Wildman–Crippen MR) is 110 cm³/mol. The van der Waals surface area contributed by atoms with E-state index < -0.39 is 0 Å². The summed E-state index contributed by atoms with van der Waals surface area (Å²) in [6.07, 6.45) is 21.6. The molecule has 144 valence electrons. The first-order valence-electron chi connectivity index (χ1n) is 11.2. The SMILES string of the molecule is CCCC1CCC(C2CCC(CC/C=C\c3ccc(F)cc3)CC2)CC1. The van der Waals surface area contributed by atoms with Crippen molar-refractivity contribution in [2.45, 2.75) is 84.0 Å². The molecule has 0 spiro atoms. The summed E-state index contributed by atoms with van der Waals surface area (Å²) in [7, 11) is 0. The van der Waals surface area contributed by atoms with Gasteiger partial charge in [-0.3, -0.25) is 0 Å². The second-order valence-corrected chi connectivity index (χ2v) is 8.88. The maximum Gasteiger partial charge on any atom is 0.123 e. The fourth-order valence-electron chi connectivity index (χ4n) is 5.43. The number of rotatable bonds is 7. The van der Waals surface area contributed by atoms with Gasteiger partial charge in [-0.25, -0.2) is 4.39 Å². The molecule has 2 fully saturated rings. The Hall–Kier alpha value is -1.11. The van der Waals surface area contributed by atoms with E-state index in [4.69, 9.17) is 0 Å². The molecule has 0 N–H and O–H groups in total. The van der Waals surface area contributed by atoms with Crippen molar-refractivity contribution in [3.8, 4) is 0 Å². The lowest BCUT2D eigenvalue weighted by atomic mass is 9.68. The van der Waals surface area contributed by atoms with Crippen LogP contribution in [-0.2, 0) is 0 Å². The Kier molecular flexibility index (Phi) is 7.77. The Morgan fingerprint density at radius 1 is 0.808 bits per heavy atom. The maximum absolute atomic E-state index is 12.9. The molecule has 1 aromatic carbocycles. The van der Waals surface area contributed by atoms with E-state index in [0.29, 0.717) is 0 Å². The van der Waals surface area contributed by atoms with E-state index in [1.54, 1.807) is 0 Å². The Balaban J connectivity index is 1.32. The third-order valence-corrected chi connectivity index (χ3v) is 7.07. The molecular formula is C25H37F. The number of benzene rings is 1. The van der Waals surface area contributed by atoms with Crippen LogP contribution in [0.1, 0.15) is 89.5 Å². The van der Waals surface area contributed by atoms with E-state index in [2.05, 4.69) is 19.1 Å². The van der Waals surface area contributed by atoms with Gasteiger partial charge in [0.15, 0.2) is 0 Å². The first-order chi connectivity index (χ1) is 12.7. The number of hydrogen-bond donors (Lipinski definition) is 0. The number of halogens is 1. The lowest BCUT2D eigenvalue weighted by Crippen LogP contribution is -2.25. The van der Waals surface area contributed by atoms with Gasteiger partial charge in [-0.2, -0.15) is 0 Å². The van der Waals surface area contributed by atoms with Gasteiger partial charge < -0.3 is 0 Å². The van der Waals surface area contributed by atoms with E-state index >= 15 is 0 Å². The van der Waals surface area contributed by atoms with Crippen molar-refractivity contribution >= 4 is 6.08 Å². The second kappa shape index (κ2) is 10.3. The Labute approximate surface area is 160 Å². The Morgan fingerprint density at radius 2 is 1.35 bits per heavy atom. The molecule has 0 aliphatic heterocycles. The number of allylic oxidation sites excluding steroid dienone is 1. The molecule has 2 saturated carbocycles. The van der Waals surface area contributed by atoms with E-state index in [9.17, 15) is 4.39 Å². The molecule has 1 aromatic rings. The minimum Gasteiger partial charge on any atom is -0.207 e. The Morgan fingerprint density at radius 3 is 1.88 bits per heavy atom. The molecule has 0 heterocycles. The summed E-state index contributed by atoms with van der Waals surface area (Å²) in [5, 5.41) is 0. The van der Waals surface area contributed by atoms with Gasteiger partial charge in [0.25, 0.3) is 0 Å². The van der Waals surface area contributed by atoms with Crippen molar-refractivity contribution in [1.29, 1.82) is 0 Å². The van der Waals surface area contributed by atoms with Crippen LogP contribution in [0.2, 0.25) is 0 Å². The lowest BCUT2D eigenvalue weighted by Gasteiger charge is -2.38. The van der Waals surface area contributed by atoms with Crippen LogP contribution in [0.5, 0.6) is 0 Å². The van der Waals surface area contributed by atoms with Crippen LogP contribution in [0.4, 0.5) is 4.39 Å². The van der Waals surface area contributed by atoms with Crippen molar-refractivity contribution in [3.05, 3.63) is 41.7 Å². The fourth-order valence-corrected chi connectivity index (χ4v) is 5.43. The summed E-state index contributed by atoms with van der Waals surface area (Å²) in [6.45, 7) is 2.34. The molecule has 2 aliphatic carbocycles. The average Bonchev–Trinajstić information content (AvgIpc) is 2.68. The van der Waals surface area contributed by atoms with Crippen molar-refractivity contribution in [2.75, 3.05) is 0 Å². The van der Waals surface area contributed by atoms with Gasteiger partial charge >= 0.3 is 0 Å². The highest BCUT2D eigenvalue weighted by molar-refractivity contribution is 5.48. The van der Waals surface area contributed by atoms with E-state index in [0.717, 1.165) is 35.7 Å². The Bertz CT molecular complexity index is 528. The molecule has 0 amide bonds. The molecule has 26 heavy (non-hydrogen) atoms. The van der Waals surface area contributed by atoms with Crippen LogP contribution in [0.3, 0.4) is 0 Å². The van der Waals surface area contributed by atoms with Crippen LogP contribution < -0.4 is 0 Å². The molecule has 1 heteroatoms. The molecule has 0 atom stereocenters. The quantitative estimate of drug-likeness (QED) is 0.464. The second-order valence-electron chi connectivity index (χ2n) is 8.88. The van der Waals surface area contributed by atoms with Gasteiger partial charge in [-0.1, -0.05) is 69.7 Å². The van der Waals surface area contributed by atoms with Crippen LogP contribution in [0.25, 0.3) is 6.08 Å². The predicted octanol–water partition coefficient (Wildman–Crippen LogP) is 8.03. The van der Waals surface area contributed by atoms with Gasteiger partial charge in [0.05, 0.1) is 0 Å². The van der Waals surface area contributed by atoms with Crippen LogP contribution in [0.15, 0.2) is 30.3 Å². The zero-order chi connectivity index (χ0) is 18.2. The summed E-state index contributed by atoms with van der Waals surface area (Å²) in [5.74, 6) is 3.89. The van der Waals surface area contributed by atoms with Gasteiger partial charge in [0, 0.05) is 0 Å². The highest BCUT2D eigenvalue weighted by Gasteiger charge is 2.30. The van der Waals surface area contributed by atoms with Crippen molar-refractivity contribution in [1.82, 2.24) is 0 Å². The zero-order valence-corrected chi connectivity index (χ0v) is 16.6.